The number of hydrogen-bond acceptors (Lipinski definition) is 3. The number of fused-ring (bicyclic) bond motifs is 1. The maximum Gasteiger partial charge on any atom is 0.148 e. The summed E-state index contributed by atoms with van der Waals surface area (Å²) in [5.41, 5.74) is 9.18. The van der Waals surface area contributed by atoms with Gasteiger partial charge in [0.25, 0.3) is 0 Å². The van der Waals surface area contributed by atoms with Crippen LogP contribution in [0.3, 0.4) is 0 Å². The van der Waals surface area contributed by atoms with Gasteiger partial charge >= 0.3 is 0 Å². The molecular formula is C13H16N4. The van der Waals surface area contributed by atoms with Gasteiger partial charge in [0.1, 0.15) is 5.82 Å². The zero-order valence-electron chi connectivity index (χ0n) is 9.85. The third-order valence-corrected chi connectivity index (χ3v) is 3.29. The van der Waals surface area contributed by atoms with Gasteiger partial charge < -0.3 is 11.1 Å². The molecule has 1 atom stereocenters. The Balaban J connectivity index is 2.02. The molecule has 0 amide bonds. The van der Waals surface area contributed by atoms with Gasteiger partial charge in [-0.2, -0.15) is 5.10 Å². The van der Waals surface area contributed by atoms with Crippen molar-refractivity contribution >= 4 is 11.5 Å². The molecule has 2 aromatic rings. The number of rotatable bonds is 1. The zero-order valence-corrected chi connectivity index (χ0v) is 9.85. The second kappa shape index (κ2) is 3.80. The Morgan fingerprint density at radius 1 is 1.35 bits per heavy atom. The number of aromatic nitrogens is 2. The molecule has 1 aromatic heterocycles. The molecule has 3 N–H and O–H groups in total. The molecule has 0 aliphatic carbocycles. The summed E-state index contributed by atoms with van der Waals surface area (Å²) in [4.78, 5) is 0. The summed E-state index contributed by atoms with van der Waals surface area (Å²) < 4.78 is 1.99. The number of nitrogens with one attached hydrogen (secondary N) is 1. The van der Waals surface area contributed by atoms with Crippen LogP contribution in [0.5, 0.6) is 0 Å². The van der Waals surface area contributed by atoms with Gasteiger partial charge in [-0.1, -0.05) is 29.8 Å². The van der Waals surface area contributed by atoms with Crippen molar-refractivity contribution in [1.29, 1.82) is 0 Å². The summed E-state index contributed by atoms with van der Waals surface area (Å²) in [6.07, 6.45) is 2.76. The molecule has 88 valence electrons. The Morgan fingerprint density at radius 2 is 2.12 bits per heavy atom. The number of benzene rings is 1. The molecule has 0 spiro atoms. The second-order valence-corrected chi connectivity index (χ2v) is 4.54. The fourth-order valence-electron chi connectivity index (χ4n) is 2.34. The molecule has 1 unspecified atom stereocenters. The molecule has 1 aromatic carbocycles. The van der Waals surface area contributed by atoms with Crippen molar-refractivity contribution in [1.82, 2.24) is 9.78 Å². The molecule has 2 heterocycles. The van der Waals surface area contributed by atoms with Crippen molar-refractivity contribution in [2.24, 2.45) is 0 Å². The minimum atomic E-state index is 0.296. The van der Waals surface area contributed by atoms with Gasteiger partial charge in [-0.25, -0.2) is 4.68 Å². The fourth-order valence-corrected chi connectivity index (χ4v) is 2.34. The van der Waals surface area contributed by atoms with Crippen LogP contribution in [0, 0.1) is 6.92 Å². The molecule has 3 rings (SSSR count). The average molecular weight is 228 g/mol. The quantitative estimate of drug-likeness (QED) is 0.786. The predicted molar refractivity (Wildman–Crippen MR) is 69.1 cm³/mol. The highest BCUT2D eigenvalue weighted by atomic mass is 15.4. The summed E-state index contributed by atoms with van der Waals surface area (Å²) in [7, 11) is 0. The first kappa shape index (κ1) is 10.2. The van der Waals surface area contributed by atoms with E-state index in [0.29, 0.717) is 6.04 Å². The summed E-state index contributed by atoms with van der Waals surface area (Å²) >= 11 is 0. The van der Waals surface area contributed by atoms with Crippen LogP contribution in [-0.4, -0.2) is 16.3 Å². The summed E-state index contributed by atoms with van der Waals surface area (Å²) in [6, 6.07) is 8.93. The van der Waals surface area contributed by atoms with E-state index in [1.165, 1.54) is 11.1 Å². The number of nitrogen functional groups attached to an aromatic ring is 1. The average Bonchev–Trinajstić information content (AvgIpc) is 2.73. The van der Waals surface area contributed by atoms with Crippen LogP contribution < -0.4 is 11.1 Å². The minimum absolute atomic E-state index is 0.296. The van der Waals surface area contributed by atoms with E-state index in [-0.39, 0.29) is 0 Å². The van der Waals surface area contributed by atoms with Crippen LogP contribution in [0.2, 0.25) is 0 Å². The van der Waals surface area contributed by atoms with E-state index in [2.05, 4.69) is 41.6 Å². The Labute approximate surface area is 100 Å². The second-order valence-electron chi connectivity index (χ2n) is 4.54. The normalized spacial score (nSPS) is 18.5. The van der Waals surface area contributed by atoms with E-state index < -0.39 is 0 Å². The van der Waals surface area contributed by atoms with Crippen molar-refractivity contribution in [2.45, 2.75) is 19.4 Å². The fraction of sp³-hybridized carbons (Fsp3) is 0.308. The third kappa shape index (κ3) is 1.65. The smallest absolute Gasteiger partial charge is 0.148 e. The highest BCUT2D eigenvalue weighted by Gasteiger charge is 2.23. The van der Waals surface area contributed by atoms with Gasteiger partial charge in [0.05, 0.1) is 17.9 Å². The molecule has 0 bridgehead atoms. The van der Waals surface area contributed by atoms with Crippen molar-refractivity contribution in [3.8, 4) is 0 Å². The van der Waals surface area contributed by atoms with Gasteiger partial charge in [0.2, 0.25) is 0 Å². The topological polar surface area (TPSA) is 55.9 Å². The Hall–Kier alpha value is -1.97. The largest absolute Gasteiger partial charge is 0.394 e. The molecular weight excluding hydrogens is 212 g/mol. The standard InChI is InChI=1S/C13H16N4/c1-9-2-4-10(5-3-9)12-6-7-15-13-11(14)8-16-17(12)13/h2-5,8,12,15H,6-7,14H2,1H3. The van der Waals surface area contributed by atoms with Gasteiger partial charge in [0.15, 0.2) is 0 Å². The lowest BCUT2D eigenvalue weighted by Crippen LogP contribution is -2.24. The molecule has 1 aliphatic heterocycles. The summed E-state index contributed by atoms with van der Waals surface area (Å²) in [5, 5.41) is 7.66. The third-order valence-electron chi connectivity index (χ3n) is 3.29. The van der Waals surface area contributed by atoms with Gasteiger partial charge in [0, 0.05) is 6.54 Å². The molecule has 0 saturated carbocycles. The lowest BCUT2D eigenvalue weighted by atomic mass is 10.0. The van der Waals surface area contributed by atoms with Crippen LogP contribution in [-0.2, 0) is 0 Å². The minimum Gasteiger partial charge on any atom is -0.394 e. The van der Waals surface area contributed by atoms with Crippen LogP contribution in [0.4, 0.5) is 11.5 Å². The van der Waals surface area contributed by atoms with Crippen LogP contribution >= 0.6 is 0 Å². The molecule has 0 saturated heterocycles. The zero-order chi connectivity index (χ0) is 11.8. The maximum atomic E-state index is 5.88. The first-order valence-corrected chi connectivity index (χ1v) is 5.89. The van der Waals surface area contributed by atoms with E-state index in [9.17, 15) is 0 Å². The van der Waals surface area contributed by atoms with Gasteiger partial charge in [-0.05, 0) is 18.9 Å². The molecule has 0 fully saturated rings. The van der Waals surface area contributed by atoms with E-state index in [1.807, 2.05) is 4.68 Å². The van der Waals surface area contributed by atoms with Crippen molar-refractivity contribution in [3.05, 3.63) is 41.6 Å². The monoisotopic (exact) mass is 228 g/mol. The van der Waals surface area contributed by atoms with E-state index in [0.717, 1.165) is 24.5 Å². The Bertz CT molecular complexity index is 527. The van der Waals surface area contributed by atoms with Crippen LogP contribution in [0.1, 0.15) is 23.6 Å². The lowest BCUT2D eigenvalue weighted by molar-refractivity contribution is 0.482. The number of nitrogens with zero attached hydrogens (tertiary/aromatic N) is 2. The molecule has 4 nitrogen and oxygen atoms in total. The number of aryl methyl sites for hydroxylation is 1. The molecule has 4 heteroatoms. The van der Waals surface area contributed by atoms with Crippen molar-refractivity contribution in [2.75, 3.05) is 17.6 Å². The summed E-state index contributed by atoms with van der Waals surface area (Å²) in [6.45, 7) is 3.04. The lowest BCUT2D eigenvalue weighted by Gasteiger charge is -2.26. The van der Waals surface area contributed by atoms with Crippen LogP contribution in [0.25, 0.3) is 0 Å². The molecule has 17 heavy (non-hydrogen) atoms. The Morgan fingerprint density at radius 3 is 2.88 bits per heavy atom. The summed E-state index contributed by atoms with van der Waals surface area (Å²) in [5.74, 6) is 0.946. The van der Waals surface area contributed by atoms with E-state index in [1.54, 1.807) is 6.20 Å². The van der Waals surface area contributed by atoms with Gasteiger partial charge in [-0.3, -0.25) is 0 Å². The number of hydrogen-bond donors (Lipinski definition) is 2. The van der Waals surface area contributed by atoms with Crippen molar-refractivity contribution < 1.29 is 0 Å². The Kier molecular flexibility index (Phi) is 2.28. The van der Waals surface area contributed by atoms with Crippen molar-refractivity contribution in [3.63, 3.8) is 0 Å². The SMILES string of the molecule is Cc1ccc(C2CCNc3c(N)cnn32)cc1. The first-order valence-electron chi connectivity index (χ1n) is 5.89. The highest BCUT2D eigenvalue weighted by molar-refractivity contribution is 5.62. The first-order chi connectivity index (χ1) is 8.25. The van der Waals surface area contributed by atoms with E-state index >= 15 is 0 Å². The molecule has 0 radical (unpaired) electrons. The van der Waals surface area contributed by atoms with Crippen LogP contribution in [0.15, 0.2) is 30.5 Å². The predicted octanol–water partition coefficient (Wildman–Crippen LogP) is 2.18. The van der Waals surface area contributed by atoms with E-state index in [4.69, 9.17) is 5.73 Å². The number of anilines is 2. The van der Waals surface area contributed by atoms with Gasteiger partial charge in [-0.15, -0.1) is 0 Å². The highest BCUT2D eigenvalue weighted by Crippen LogP contribution is 2.32. The molecule has 1 aliphatic rings. The number of nitrogens with two attached hydrogens (primary N) is 1. The maximum absolute atomic E-state index is 5.88.